The Balaban J connectivity index is 0.00000289. The van der Waals surface area contributed by atoms with Crippen LogP contribution in [0.2, 0.25) is 5.02 Å². The van der Waals surface area contributed by atoms with E-state index in [9.17, 15) is 18.3 Å². The van der Waals surface area contributed by atoms with Gasteiger partial charge in [0.25, 0.3) is 0 Å². The SMILES string of the molecule is Cc1cc(Cl)cc([C@H](N)[C@H](O)C(F)(F)F)c1O.Cl. The van der Waals surface area contributed by atoms with E-state index in [2.05, 4.69) is 0 Å². The van der Waals surface area contributed by atoms with Gasteiger partial charge in [-0.15, -0.1) is 12.4 Å². The Hall–Kier alpha value is -0.690. The molecule has 104 valence electrons. The molecule has 0 spiro atoms. The van der Waals surface area contributed by atoms with E-state index in [-0.39, 0.29) is 28.6 Å². The van der Waals surface area contributed by atoms with Gasteiger partial charge < -0.3 is 15.9 Å². The topological polar surface area (TPSA) is 66.5 Å². The van der Waals surface area contributed by atoms with Crippen molar-refractivity contribution >= 4 is 24.0 Å². The number of aliphatic hydroxyl groups is 1. The summed E-state index contributed by atoms with van der Waals surface area (Å²) in [6.07, 6.45) is -7.62. The predicted molar refractivity (Wildman–Crippen MR) is 64.1 cm³/mol. The minimum Gasteiger partial charge on any atom is -0.507 e. The van der Waals surface area contributed by atoms with Crippen LogP contribution in [-0.2, 0) is 0 Å². The van der Waals surface area contributed by atoms with E-state index in [1.54, 1.807) is 0 Å². The van der Waals surface area contributed by atoms with E-state index in [4.69, 9.17) is 22.4 Å². The normalized spacial score (nSPS) is 14.8. The number of aromatic hydroxyl groups is 1. The summed E-state index contributed by atoms with van der Waals surface area (Å²) in [5, 5.41) is 18.7. The Morgan fingerprint density at radius 3 is 2.28 bits per heavy atom. The molecule has 18 heavy (non-hydrogen) atoms. The van der Waals surface area contributed by atoms with E-state index in [1.807, 2.05) is 0 Å². The maximum Gasteiger partial charge on any atom is 0.416 e. The van der Waals surface area contributed by atoms with Gasteiger partial charge in [0.15, 0.2) is 6.10 Å². The van der Waals surface area contributed by atoms with Gasteiger partial charge in [0.1, 0.15) is 5.75 Å². The molecule has 0 aliphatic heterocycles. The lowest BCUT2D eigenvalue weighted by atomic mass is 9.98. The zero-order chi connectivity index (χ0) is 13.4. The first-order valence-electron chi connectivity index (χ1n) is 4.64. The van der Waals surface area contributed by atoms with Gasteiger partial charge in [-0.1, -0.05) is 11.6 Å². The standard InChI is InChI=1S/C10H11ClF3NO2.ClH/c1-4-2-5(11)3-6(8(4)16)7(15)9(17)10(12,13)14;/h2-3,7,9,16-17H,15H2,1H3;1H/t7-,9-;/m0./s1. The molecule has 0 heterocycles. The van der Waals surface area contributed by atoms with Crippen LogP contribution >= 0.6 is 24.0 Å². The number of alkyl halides is 3. The number of hydrogen-bond donors (Lipinski definition) is 3. The Morgan fingerprint density at radius 2 is 1.83 bits per heavy atom. The van der Waals surface area contributed by atoms with E-state index in [0.29, 0.717) is 0 Å². The molecule has 0 radical (unpaired) electrons. The van der Waals surface area contributed by atoms with Crippen molar-refractivity contribution in [3.63, 3.8) is 0 Å². The molecule has 0 aromatic heterocycles. The van der Waals surface area contributed by atoms with Crippen LogP contribution < -0.4 is 5.73 Å². The highest BCUT2D eigenvalue weighted by molar-refractivity contribution is 6.30. The maximum atomic E-state index is 12.3. The summed E-state index contributed by atoms with van der Waals surface area (Å²) in [5.74, 6) is -0.398. The molecule has 0 fully saturated rings. The molecule has 0 saturated heterocycles. The molecule has 3 nitrogen and oxygen atoms in total. The first-order valence-corrected chi connectivity index (χ1v) is 5.01. The van der Waals surface area contributed by atoms with Crippen molar-refractivity contribution in [3.05, 3.63) is 28.3 Å². The van der Waals surface area contributed by atoms with Crippen molar-refractivity contribution in [2.75, 3.05) is 0 Å². The molecule has 0 unspecified atom stereocenters. The monoisotopic (exact) mass is 305 g/mol. The second-order valence-electron chi connectivity index (χ2n) is 3.67. The average molecular weight is 306 g/mol. The van der Waals surface area contributed by atoms with Gasteiger partial charge in [0.05, 0.1) is 6.04 Å². The quantitative estimate of drug-likeness (QED) is 0.787. The van der Waals surface area contributed by atoms with Crippen molar-refractivity contribution < 1.29 is 23.4 Å². The molecule has 0 bridgehead atoms. The Morgan fingerprint density at radius 1 is 1.33 bits per heavy atom. The Kier molecular flexibility index (Phi) is 5.74. The van der Waals surface area contributed by atoms with Crippen LogP contribution in [0, 0.1) is 6.92 Å². The number of hydrogen-bond acceptors (Lipinski definition) is 3. The third-order valence-electron chi connectivity index (χ3n) is 2.33. The highest BCUT2D eigenvalue weighted by Crippen LogP contribution is 2.35. The summed E-state index contributed by atoms with van der Waals surface area (Å²) in [4.78, 5) is 0. The third kappa shape index (κ3) is 3.65. The molecule has 1 aromatic carbocycles. The second-order valence-corrected chi connectivity index (χ2v) is 4.11. The zero-order valence-electron chi connectivity index (χ0n) is 9.20. The van der Waals surface area contributed by atoms with E-state index < -0.39 is 24.1 Å². The molecule has 1 aromatic rings. The average Bonchev–Trinajstić information content (AvgIpc) is 2.20. The van der Waals surface area contributed by atoms with Crippen LogP contribution in [0.15, 0.2) is 12.1 Å². The van der Waals surface area contributed by atoms with Crippen LogP contribution in [0.4, 0.5) is 13.2 Å². The number of phenolic OH excluding ortho intramolecular Hbond substituents is 1. The van der Waals surface area contributed by atoms with E-state index in [0.717, 1.165) is 6.07 Å². The molecular formula is C10H12Cl2F3NO2. The number of aliphatic hydroxyl groups excluding tert-OH is 1. The first kappa shape index (κ1) is 17.3. The van der Waals surface area contributed by atoms with E-state index in [1.165, 1.54) is 13.0 Å². The summed E-state index contributed by atoms with van der Waals surface area (Å²) >= 11 is 5.66. The maximum absolute atomic E-state index is 12.3. The van der Waals surface area contributed by atoms with E-state index >= 15 is 0 Å². The molecule has 1 rings (SSSR count). The van der Waals surface area contributed by atoms with Gasteiger partial charge in [-0.3, -0.25) is 0 Å². The van der Waals surface area contributed by atoms with Crippen molar-refractivity contribution in [1.29, 1.82) is 0 Å². The zero-order valence-corrected chi connectivity index (χ0v) is 10.8. The minimum absolute atomic E-state index is 0. The largest absolute Gasteiger partial charge is 0.507 e. The van der Waals surface area contributed by atoms with Crippen LogP contribution in [0.25, 0.3) is 0 Å². The number of nitrogens with two attached hydrogens (primary N) is 1. The summed E-state index contributed by atoms with van der Waals surface area (Å²) in [5.41, 5.74) is 5.33. The lowest BCUT2D eigenvalue weighted by Crippen LogP contribution is -2.38. The Bertz CT molecular complexity index is 426. The lowest BCUT2D eigenvalue weighted by Gasteiger charge is -2.23. The first-order chi connectivity index (χ1) is 7.64. The number of rotatable bonds is 2. The number of halogens is 5. The van der Waals surface area contributed by atoms with Gasteiger partial charge in [-0.2, -0.15) is 13.2 Å². The van der Waals surface area contributed by atoms with Crippen LogP contribution in [0.5, 0.6) is 5.75 Å². The fourth-order valence-corrected chi connectivity index (χ4v) is 1.67. The second kappa shape index (κ2) is 5.97. The molecule has 0 aliphatic carbocycles. The van der Waals surface area contributed by atoms with Crippen molar-refractivity contribution in [1.82, 2.24) is 0 Å². The van der Waals surface area contributed by atoms with Gasteiger partial charge in [-0.25, -0.2) is 0 Å². The van der Waals surface area contributed by atoms with Crippen molar-refractivity contribution in [3.8, 4) is 5.75 Å². The van der Waals surface area contributed by atoms with Crippen LogP contribution in [0.3, 0.4) is 0 Å². The molecule has 0 amide bonds. The minimum atomic E-state index is -4.86. The molecule has 0 aliphatic rings. The molecule has 4 N–H and O–H groups in total. The number of aryl methyl sites for hydroxylation is 1. The van der Waals surface area contributed by atoms with Crippen LogP contribution in [-0.4, -0.2) is 22.5 Å². The highest BCUT2D eigenvalue weighted by Gasteiger charge is 2.43. The highest BCUT2D eigenvalue weighted by atomic mass is 35.5. The van der Waals surface area contributed by atoms with Crippen molar-refractivity contribution in [2.45, 2.75) is 25.2 Å². The Labute approximate surface area is 113 Å². The summed E-state index contributed by atoms with van der Waals surface area (Å²) < 4.78 is 36.8. The fourth-order valence-electron chi connectivity index (χ4n) is 1.39. The molecule has 8 heteroatoms. The summed E-state index contributed by atoms with van der Waals surface area (Å²) in [7, 11) is 0. The van der Waals surface area contributed by atoms with Crippen molar-refractivity contribution in [2.24, 2.45) is 5.73 Å². The number of phenols is 1. The van der Waals surface area contributed by atoms with Gasteiger partial charge in [0.2, 0.25) is 0 Å². The lowest BCUT2D eigenvalue weighted by molar-refractivity contribution is -0.210. The summed E-state index contributed by atoms with van der Waals surface area (Å²) in [6.45, 7) is 1.47. The van der Waals surface area contributed by atoms with Gasteiger partial charge in [0, 0.05) is 10.6 Å². The van der Waals surface area contributed by atoms with Gasteiger partial charge in [-0.05, 0) is 24.6 Å². The third-order valence-corrected chi connectivity index (χ3v) is 2.55. The number of benzene rings is 1. The van der Waals surface area contributed by atoms with Crippen LogP contribution in [0.1, 0.15) is 17.2 Å². The smallest absolute Gasteiger partial charge is 0.416 e. The molecular weight excluding hydrogens is 294 g/mol. The fraction of sp³-hybridized carbons (Fsp3) is 0.400. The molecule has 0 saturated carbocycles. The molecule has 2 atom stereocenters. The summed E-state index contributed by atoms with van der Waals surface area (Å²) in [6, 6.07) is 0.698. The van der Waals surface area contributed by atoms with Gasteiger partial charge >= 0.3 is 6.18 Å². The predicted octanol–water partition coefficient (Wildman–Crippen LogP) is 2.70.